The second-order valence-electron chi connectivity index (χ2n) is 20.7. The smallest absolute Gasteiger partial charge is 0.285 e. The van der Waals surface area contributed by atoms with Crippen molar-refractivity contribution in [3.05, 3.63) is 200 Å². The van der Waals surface area contributed by atoms with Crippen molar-refractivity contribution < 1.29 is 13.6 Å². The van der Waals surface area contributed by atoms with Crippen molar-refractivity contribution in [3.63, 3.8) is 0 Å². The molecule has 15 nitrogen and oxygen atoms in total. The third kappa shape index (κ3) is 9.41. The lowest BCUT2D eigenvalue weighted by molar-refractivity contribution is -0.119. The lowest BCUT2D eigenvalue weighted by Gasteiger charge is -2.25. The summed E-state index contributed by atoms with van der Waals surface area (Å²) in [4.78, 5) is 61.7. The number of thiophene rings is 2. The molecule has 0 atom stereocenters. The Bertz CT molecular complexity index is 5380. The van der Waals surface area contributed by atoms with Crippen LogP contribution in [0, 0.1) is 32.4 Å². The van der Waals surface area contributed by atoms with Crippen LogP contribution in [0.15, 0.2) is 165 Å². The number of aromatic nitrogens is 7. The first-order valence-electron chi connectivity index (χ1n) is 27.2. The van der Waals surface area contributed by atoms with Crippen LogP contribution >= 0.6 is 81.8 Å². The number of carbonyl (C=O) groups excluding carboxylic acids is 1. The van der Waals surface area contributed by atoms with Gasteiger partial charge in [0.15, 0.2) is 27.9 Å². The number of rotatable bonds is 12. The molecule has 88 heavy (non-hydrogen) atoms. The van der Waals surface area contributed by atoms with Crippen LogP contribution in [0.1, 0.15) is 23.6 Å². The summed E-state index contributed by atoms with van der Waals surface area (Å²) in [6.45, 7) is 8.61. The van der Waals surface area contributed by atoms with Gasteiger partial charge < -0.3 is 9.80 Å². The van der Waals surface area contributed by atoms with Crippen LogP contribution in [0.2, 0.25) is 0 Å². The molecular formula is C64H38F2N12O3S7. The third-order valence-electron chi connectivity index (χ3n) is 15.3. The van der Waals surface area contributed by atoms with E-state index in [9.17, 15) is 23.2 Å². The first-order valence-corrected chi connectivity index (χ1v) is 32.2. The highest BCUT2D eigenvalue weighted by Gasteiger charge is 2.33. The number of amides is 1. The number of aliphatic imine (C=N–C) groups is 1. The van der Waals surface area contributed by atoms with Gasteiger partial charge in [-0.25, -0.2) is 23.7 Å². The summed E-state index contributed by atoms with van der Waals surface area (Å²) < 4.78 is 56.9. The fourth-order valence-electron chi connectivity index (χ4n) is 10.9. The second kappa shape index (κ2) is 21.9. The van der Waals surface area contributed by atoms with Gasteiger partial charge in [-0.15, -0.1) is 22.7 Å². The SMILES string of the molecule is CCN1C(=O)/C(=N\c2ncc(-c3ccc(N(c4ccc(C)cc4)c4ccc(C)c(-c5ccc(N(c6ccc(C)cc6)c6ccc(-c7cc8c(cc(N=c9c(=O)c%10cc(F)c(F)cc%10c9=O)c9nsnc98)c8nsnc78)s6)cc5)c4)s3)c3nsnc23)SC1=S. The van der Waals surface area contributed by atoms with Crippen LogP contribution in [-0.2, 0) is 4.79 Å². The van der Waals surface area contributed by atoms with E-state index in [1.165, 1.54) is 4.90 Å². The van der Waals surface area contributed by atoms with Crippen molar-refractivity contribution in [2.24, 2.45) is 9.98 Å². The number of hydrogen-bond donors (Lipinski definition) is 0. The second-order valence-corrected chi connectivity index (χ2v) is 26.1. The molecule has 0 bridgehead atoms. The lowest BCUT2D eigenvalue weighted by atomic mass is 9.99. The standard InChI is InChI=1S/C64H38F2N12O3S7/c1-5-76-63(81)62(85-64(76)82)69-61-57-55(73-88-75-57)44(29-67-61)49-21-23-51(84-49)78(35-15-8-31(3)9-16-35)37-17-10-32(4)38(24-37)33-11-18-36(19-12-33)77(34-13-6-30(2)7-14-34)50-22-20-48(83-50)43-25-39-40(52-54(43)72-86-70-52)28-47(56-53(39)71-87-74-56)68-58-59(79)41-26-45(65)46(66)27-42(41)60(58)80/h6-29H,5H2,1-4H3/b69-62+. The van der Waals surface area contributed by atoms with Gasteiger partial charge in [0, 0.05) is 77.9 Å². The van der Waals surface area contributed by atoms with E-state index in [1.807, 2.05) is 13.0 Å². The Hall–Kier alpha value is -9.14. The van der Waals surface area contributed by atoms with E-state index < -0.39 is 27.8 Å². The highest BCUT2D eigenvalue weighted by atomic mass is 32.2. The van der Waals surface area contributed by atoms with E-state index >= 15 is 0 Å². The Morgan fingerprint density at radius 3 is 1.64 bits per heavy atom. The molecule has 7 heterocycles. The fourth-order valence-corrected chi connectivity index (χ4v) is 16.0. The average molecular weight is 1290 g/mol. The van der Waals surface area contributed by atoms with Crippen LogP contribution < -0.4 is 26.0 Å². The van der Waals surface area contributed by atoms with Gasteiger partial charge in [-0.05, 0) is 153 Å². The molecular weight excluding hydrogens is 1250 g/mol. The molecule has 0 spiro atoms. The highest BCUT2D eigenvalue weighted by Crippen LogP contribution is 2.48. The number of benzene rings is 7. The van der Waals surface area contributed by atoms with Gasteiger partial charge in [-0.3, -0.25) is 19.3 Å². The van der Waals surface area contributed by atoms with Crippen molar-refractivity contribution in [2.45, 2.75) is 27.7 Å². The van der Waals surface area contributed by atoms with E-state index in [2.05, 4.69) is 169 Å². The fraction of sp³-hybridized carbons (Fsp3) is 0.0781. The van der Waals surface area contributed by atoms with E-state index in [4.69, 9.17) is 30.3 Å². The van der Waals surface area contributed by atoms with Gasteiger partial charge in [0.25, 0.3) is 5.91 Å². The first kappa shape index (κ1) is 55.4. The third-order valence-corrected chi connectivity index (χ3v) is 20.5. The molecule has 6 aromatic heterocycles. The number of thioether (sulfide) groups is 1. The Morgan fingerprint density at radius 2 is 1.03 bits per heavy atom. The largest absolute Gasteiger partial charge is 0.302 e. The van der Waals surface area contributed by atoms with Crippen LogP contribution in [0.25, 0.3) is 86.7 Å². The van der Waals surface area contributed by atoms with Gasteiger partial charge in [0.05, 0.1) is 40.9 Å². The molecule has 0 radical (unpaired) electrons. The minimum atomic E-state index is -1.23. The van der Waals surface area contributed by atoms with Crippen molar-refractivity contribution in [2.75, 3.05) is 16.3 Å². The normalized spacial score (nSPS) is 13.2. The summed E-state index contributed by atoms with van der Waals surface area (Å²) >= 11 is 12.9. The first-order chi connectivity index (χ1) is 42.8. The predicted octanol–water partition coefficient (Wildman–Crippen LogP) is 16.4. The van der Waals surface area contributed by atoms with Gasteiger partial charge in [0.2, 0.25) is 10.9 Å². The molecule has 24 heteroatoms. The maximum absolute atomic E-state index is 14.2. The maximum atomic E-state index is 14.2. The van der Waals surface area contributed by atoms with Crippen LogP contribution in [-0.4, -0.2) is 57.9 Å². The molecule has 0 unspecified atom stereocenters. The molecule has 8 aromatic carbocycles. The van der Waals surface area contributed by atoms with Crippen LogP contribution in [0.4, 0.5) is 53.0 Å². The Balaban J connectivity index is 0.768. The van der Waals surface area contributed by atoms with E-state index in [1.54, 1.807) is 34.9 Å². The lowest BCUT2D eigenvalue weighted by Crippen LogP contribution is -2.31. The molecule has 428 valence electrons. The van der Waals surface area contributed by atoms with Crippen LogP contribution in [0.5, 0.6) is 0 Å². The summed E-state index contributed by atoms with van der Waals surface area (Å²) in [6, 6.07) is 45.7. The Kier molecular flexibility index (Phi) is 13.8. The summed E-state index contributed by atoms with van der Waals surface area (Å²) in [7, 11) is 0. The molecule has 1 aliphatic heterocycles. The number of anilines is 6. The number of thiocarbonyl (C=S) groups is 1. The van der Waals surface area contributed by atoms with E-state index in [0.29, 0.717) is 55.2 Å². The molecule has 1 aliphatic rings. The van der Waals surface area contributed by atoms with E-state index in [-0.39, 0.29) is 27.4 Å². The molecule has 0 aliphatic carbocycles. The minimum Gasteiger partial charge on any atom is -0.302 e. The highest BCUT2D eigenvalue weighted by molar-refractivity contribution is 8.35. The van der Waals surface area contributed by atoms with Gasteiger partial charge >= 0.3 is 0 Å². The van der Waals surface area contributed by atoms with Crippen molar-refractivity contribution >= 4 is 196 Å². The number of carbonyl (C=O) groups is 1. The number of fused-ring (bicyclic) bond motifs is 7. The van der Waals surface area contributed by atoms with Crippen LogP contribution in [0.3, 0.4) is 0 Å². The number of nitrogens with zero attached hydrogens (tertiary/aromatic N) is 12. The minimum absolute atomic E-state index is 0.192. The summed E-state index contributed by atoms with van der Waals surface area (Å²) in [6.07, 6.45) is 1.75. The zero-order valence-corrected chi connectivity index (χ0v) is 52.0. The zero-order chi connectivity index (χ0) is 60.2. The molecule has 1 saturated heterocycles. The summed E-state index contributed by atoms with van der Waals surface area (Å²) in [5.41, 5.74) is 12.8. The number of pyridine rings is 1. The molecule has 14 aromatic rings. The number of aryl methyl sites for hydroxylation is 3. The molecule has 1 amide bonds. The maximum Gasteiger partial charge on any atom is 0.285 e. The summed E-state index contributed by atoms with van der Waals surface area (Å²) in [5.74, 6) is -2.39. The Morgan fingerprint density at radius 1 is 0.523 bits per heavy atom. The molecule has 0 saturated carbocycles. The summed E-state index contributed by atoms with van der Waals surface area (Å²) in [5, 5.41) is 2.58. The molecule has 15 rings (SSSR count). The quantitative estimate of drug-likeness (QED) is 0.106. The Labute approximate surface area is 527 Å². The number of halogens is 2. The average Bonchev–Trinajstić information content (AvgIpc) is 1.60. The molecule has 1 fully saturated rings. The van der Waals surface area contributed by atoms with Gasteiger partial charge in [-0.1, -0.05) is 65.8 Å². The number of hydrogen-bond acceptors (Lipinski definition) is 21. The van der Waals surface area contributed by atoms with Gasteiger partial charge in [0.1, 0.15) is 47.4 Å². The van der Waals surface area contributed by atoms with E-state index in [0.717, 1.165) is 146 Å². The van der Waals surface area contributed by atoms with Crippen molar-refractivity contribution in [3.8, 4) is 32.0 Å². The predicted molar refractivity (Wildman–Crippen MR) is 359 cm³/mol. The van der Waals surface area contributed by atoms with Gasteiger partial charge in [-0.2, -0.15) is 26.2 Å². The monoisotopic (exact) mass is 1280 g/mol. The molecule has 0 N–H and O–H groups in total. The zero-order valence-electron chi connectivity index (χ0n) is 46.3. The van der Waals surface area contributed by atoms with Crippen molar-refractivity contribution in [1.82, 2.24) is 36.1 Å². The topological polar surface area (TPSA) is 176 Å². The van der Waals surface area contributed by atoms with Crippen molar-refractivity contribution in [1.29, 1.82) is 0 Å².